The van der Waals surface area contributed by atoms with Gasteiger partial charge >= 0.3 is 5.97 Å². The fraction of sp³-hybridized carbons (Fsp3) is 0.467. The molecule has 1 rings (SSSR count). The van der Waals surface area contributed by atoms with E-state index in [2.05, 4.69) is 5.32 Å². The minimum Gasteiger partial charge on any atom is -0.494 e. The third-order valence-corrected chi connectivity index (χ3v) is 3.07. The topological polar surface area (TPSA) is 108 Å². The van der Waals surface area contributed by atoms with Gasteiger partial charge in [-0.1, -0.05) is 13.3 Å². The van der Waals surface area contributed by atoms with E-state index in [-0.39, 0.29) is 23.5 Å². The molecular weight excluding hydrogens is 304 g/mol. The van der Waals surface area contributed by atoms with Crippen molar-refractivity contribution in [2.75, 3.05) is 12.4 Å². The number of hydrogen-bond acceptors (Lipinski definition) is 6. The summed E-state index contributed by atoms with van der Waals surface area (Å²) in [7, 11) is 1.34. The number of carbonyl (C=O) groups excluding carboxylic acids is 2. The third-order valence-electron chi connectivity index (χ3n) is 3.07. The Kier molecular flexibility index (Phi) is 6.98. The lowest BCUT2D eigenvalue weighted by Crippen LogP contribution is -2.30. The number of nitro benzene ring substituents is 1. The second-order valence-electron chi connectivity index (χ2n) is 4.87. The molecule has 126 valence electrons. The number of rotatable bonds is 8. The maximum atomic E-state index is 12.0. The van der Waals surface area contributed by atoms with Gasteiger partial charge in [0.15, 0.2) is 6.10 Å². The number of non-ortho nitro benzene ring substituents is 1. The smallest absolute Gasteiger partial charge is 0.306 e. The molecule has 0 aliphatic rings. The molecule has 1 aromatic rings. The van der Waals surface area contributed by atoms with Crippen LogP contribution in [-0.2, 0) is 14.3 Å². The highest BCUT2D eigenvalue weighted by Crippen LogP contribution is 2.29. The lowest BCUT2D eigenvalue weighted by Gasteiger charge is -2.15. The predicted molar refractivity (Wildman–Crippen MR) is 83.4 cm³/mol. The number of ether oxygens (including phenoxy) is 2. The molecule has 0 heterocycles. The van der Waals surface area contributed by atoms with E-state index in [9.17, 15) is 19.7 Å². The van der Waals surface area contributed by atoms with Gasteiger partial charge in [0.25, 0.3) is 11.6 Å². The SMILES string of the molecule is CCCCC(=O)O[C@@H](C)C(=O)Nc1ccc([N+](=O)[O-])cc1OC. The molecule has 0 aliphatic carbocycles. The number of unbranched alkanes of at least 4 members (excludes halogenated alkanes) is 1. The molecular formula is C15H20N2O6. The molecule has 0 fully saturated rings. The predicted octanol–water partition coefficient (Wildman–Crippen LogP) is 2.66. The van der Waals surface area contributed by atoms with Crippen LogP contribution < -0.4 is 10.1 Å². The van der Waals surface area contributed by atoms with Gasteiger partial charge in [0.1, 0.15) is 5.75 Å². The van der Waals surface area contributed by atoms with Crippen molar-refractivity contribution in [1.82, 2.24) is 0 Å². The molecule has 1 N–H and O–H groups in total. The van der Waals surface area contributed by atoms with Crippen LogP contribution in [0, 0.1) is 10.1 Å². The first-order chi connectivity index (χ1) is 10.9. The first kappa shape index (κ1) is 18.4. The molecule has 0 aliphatic heterocycles. The number of nitrogens with one attached hydrogen (secondary N) is 1. The quantitative estimate of drug-likeness (QED) is 0.447. The van der Waals surface area contributed by atoms with Gasteiger partial charge in [0.05, 0.1) is 23.8 Å². The van der Waals surface area contributed by atoms with Crippen LogP contribution in [-0.4, -0.2) is 30.0 Å². The van der Waals surface area contributed by atoms with Crippen molar-refractivity contribution < 1.29 is 24.0 Å². The summed E-state index contributed by atoms with van der Waals surface area (Å²) in [5.41, 5.74) is 0.110. The van der Waals surface area contributed by atoms with Crippen LogP contribution in [0.25, 0.3) is 0 Å². The van der Waals surface area contributed by atoms with Gasteiger partial charge in [0, 0.05) is 12.5 Å². The van der Waals surface area contributed by atoms with Crippen LogP contribution >= 0.6 is 0 Å². The number of nitro groups is 1. The second kappa shape index (κ2) is 8.72. The summed E-state index contributed by atoms with van der Waals surface area (Å²) in [4.78, 5) is 33.7. The van der Waals surface area contributed by atoms with Gasteiger partial charge in [-0.3, -0.25) is 19.7 Å². The minimum atomic E-state index is -0.973. The van der Waals surface area contributed by atoms with Crippen molar-refractivity contribution in [2.45, 2.75) is 39.2 Å². The summed E-state index contributed by atoms with van der Waals surface area (Å²) in [5, 5.41) is 13.2. The largest absolute Gasteiger partial charge is 0.494 e. The molecule has 23 heavy (non-hydrogen) atoms. The van der Waals surface area contributed by atoms with E-state index in [4.69, 9.17) is 9.47 Å². The first-order valence-corrected chi connectivity index (χ1v) is 7.21. The summed E-state index contributed by atoms with van der Waals surface area (Å²) < 4.78 is 10.0. The van der Waals surface area contributed by atoms with Crippen LogP contribution in [0.3, 0.4) is 0 Å². The van der Waals surface area contributed by atoms with Crippen molar-refractivity contribution in [2.24, 2.45) is 0 Å². The second-order valence-corrected chi connectivity index (χ2v) is 4.87. The molecule has 8 nitrogen and oxygen atoms in total. The maximum Gasteiger partial charge on any atom is 0.306 e. The highest BCUT2D eigenvalue weighted by molar-refractivity contribution is 5.96. The van der Waals surface area contributed by atoms with Crippen molar-refractivity contribution >= 4 is 23.3 Å². The highest BCUT2D eigenvalue weighted by Gasteiger charge is 2.20. The number of benzene rings is 1. The highest BCUT2D eigenvalue weighted by atomic mass is 16.6. The van der Waals surface area contributed by atoms with Gasteiger partial charge in [-0.05, 0) is 19.4 Å². The van der Waals surface area contributed by atoms with Crippen LogP contribution in [0.15, 0.2) is 18.2 Å². The summed E-state index contributed by atoms with van der Waals surface area (Å²) in [5.74, 6) is -0.829. The van der Waals surface area contributed by atoms with Crippen molar-refractivity contribution in [3.8, 4) is 5.75 Å². The van der Waals surface area contributed by atoms with E-state index in [1.165, 1.54) is 32.2 Å². The Balaban J connectivity index is 2.72. The van der Waals surface area contributed by atoms with Gasteiger partial charge in [-0.25, -0.2) is 0 Å². The Morgan fingerprint density at radius 1 is 1.39 bits per heavy atom. The molecule has 0 saturated carbocycles. The molecule has 0 spiro atoms. The summed E-state index contributed by atoms with van der Waals surface area (Å²) >= 11 is 0. The first-order valence-electron chi connectivity index (χ1n) is 7.21. The Bertz CT molecular complexity index is 587. The standard InChI is InChI=1S/C15H20N2O6/c1-4-5-6-14(18)23-10(2)15(19)16-12-8-7-11(17(20)21)9-13(12)22-3/h7-10H,4-6H2,1-3H3,(H,16,19)/t10-/m0/s1. The zero-order chi connectivity index (χ0) is 17.4. The van der Waals surface area contributed by atoms with E-state index in [1.54, 1.807) is 0 Å². The van der Waals surface area contributed by atoms with Crippen molar-refractivity contribution in [3.05, 3.63) is 28.3 Å². The van der Waals surface area contributed by atoms with Crippen LogP contribution in [0.1, 0.15) is 33.1 Å². The minimum absolute atomic E-state index is 0.150. The van der Waals surface area contributed by atoms with E-state index >= 15 is 0 Å². The van der Waals surface area contributed by atoms with E-state index < -0.39 is 22.9 Å². The van der Waals surface area contributed by atoms with E-state index in [1.807, 2.05) is 6.92 Å². The molecule has 8 heteroatoms. The number of carbonyl (C=O) groups is 2. The Labute approximate surface area is 133 Å². The van der Waals surface area contributed by atoms with E-state index in [0.29, 0.717) is 6.42 Å². The number of esters is 1. The average Bonchev–Trinajstić information content (AvgIpc) is 2.52. The van der Waals surface area contributed by atoms with Crippen LogP contribution in [0.2, 0.25) is 0 Å². The van der Waals surface area contributed by atoms with Crippen molar-refractivity contribution in [3.63, 3.8) is 0 Å². The van der Waals surface area contributed by atoms with E-state index in [0.717, 1.165) is 6.42 Å². The van der Waals surface area contributed by atoms with Crippen molar-refractivity contribution in [1.29, 1.82) is 0 Å². The normalized spacial score (nSPS) is 11.4. The fourth-order valence-electron chi connectivity index (χ4n) is 1.76. The number of methoxy groups -OCH3 is 1. The molecule has 1 amide bonds. The number of hydrogen-bond donors (Lipinski definition) is 1. The Hall–Kier alpha value is -2.64. The monoisotopic (exact) mass is 324 g/mol. The molecule has 0 radical (unpaired) electrons. The van der Waals surface area contributed by atoms with Crippen LogP contribution in [0.4, 0.5) is 11.4 Å². The lowest BCUT2D eigenvalue weighted by atomic mass is 10.2. The summed E-state index contributed by atoms with van der Waals surface area (Å²) in [6, 6.07) is 3.81. The van der Waals surface area contributed by atoms with Crippen LogP contribution in [0.5, 0.6) is 5.75 Å². The number of amides is 1. The molecule has 0 aromatic heterocycles. The zero-order valence-corrected chi connectivity index (χ0v) is 13.3. The zero-order valence-electron chi connectivity index (χ0n) is 13.3. The average molecular weight is 324 g/mol. The maximum absolute atomic E-state index is 12.0. The Morgan fingerprint density at radius 3 is 2.65 bits per heavy atom. The molecule has 1 aromatic carbocycles. The summed E-state index contributed by atoms with van der Waals surface area (Å²) in [6.45, 7) is 3.40. The van der Waals surface area contributed by atoms with Gasteiger partial charge in [-0.2, -0.15) is 0 Å². The molecule has 1 atom stereocenters. The molecule has 0 bridgehead atoms. The lowest BCUT2D eigenvalue weighted by molar-refractivity contribution is -0.384. The third kappa shape index (κ3) is 5.57. The summed E-state index contributed by atoms with van der Waals surface area (Å²) in [6.07, 6.45) is 0.841. The van der Waals surface area contributed by atoms with Gasteiger partial charge in [0.2, 0.25) is 0 Å². The number of anilines is 1. The van der Waals surface area contributed by atoms with Gasteiger partial charge < -0.3 is 14.8 Å². The van der Waals surface area contributed by atoms with Gasteiger partial charge in [-0.15, -0.1) is 0 Å². The number of nitrogens with zero attached hydrogens (tertiary/aromatic N) is 1. The molecule has 0 unspecified atom stereocenters. The molecule has 0 saturated heterocycles. The fourth-order valence-corrected chi connectivity index (χ4v) is 1.76. The Morgan fingerprint density at radius 2 is 2.09 bits per heavy atom.